The van der Waals surface area contributed by atoms with Gasteiger partial charge in [0, 0.05) is 18.7 Å². The van der Waals surface area contributed by atoms with Crippen molar-refractivity contribution in [3.05, 3.63) is 51.6 Å². The molecular weight excluding hydrogens is 476 g/mol. The Morgan fingerprint density at radius 3 is 2.68 bits per heavy atom. The lowest BCUT2D eigenvalue weighted by Crippen LogP contribution is -2.36. The third kappa shape index (κ3) is 3.85. The molecule has 4 aromatic rings. The molecule has 34 heavy (non-hydrogen) atoms. The Morgan fingerprint density at radius 2 is 1.88 bits per heavy atom. The van der Waals surface area contributed by atoms with E-state index in [1.807, 2.05) is 17.5 Å². The van der Waals surface area contributed by atoms with Crippen molar-refractivity contribution < 1.29 is 19.0 Å². The van der Waals surface area contributed by atoms with Crippen molar-refractivity contribution in [3.63, 3.8) is 0 Å². The van der Waals surface area contributed by atoms with Crippen LogP contribution in [0.15, 0.2) is 40.5 Å². The van der Waals surface area contributed by atoms with Gasteiger partial charge < -0.3 is 19.1 Å². The second-order valence-electron chi connectivity index (χ2n) is 7.84. The molecule has 0 atom stereocenters. The number of ketones is 1. The number of hydrogen-bond donors (Lipinski definition) is 0. The van der Waals surface area contributed by atoms with Crippen LogP contribution in [0.5, 0.6) is 11.5 Å². The van der Waals surface area contributed by atoms with Gasteiger partial charge in [-0.2, -0.15) is 5.10 Å². The number of thiazole rings is 1. The highest BCUT2D eigenvalue weighted by atomic mass is 32.1. The summed E-state index contributed by atoms with van der Waals surface area (Å²) >= 11 is 2.99. The van der Waals surface area contributed by atoms with E-state index < -0.39 is 0 Å². The summed E-state index contributed by atoms with van der Waals surface area (Å²) in [6.45, 7) is 3.40. The van der Waals surface area contributed by atoms with E-state index in [0.717, 1.165) is 27.8 Å². The number of rotatable bonds is 5. The zero-order chi connectivity index (χ0) is 23.1. The van der Waals surface area contributed by atoms with E-state index in [1.54, 1.807) is 18.2 Å². The topological polar surface area (TPSA) is 95.8 Å². The van der Waals surface area contributed by atoms with Crippen molar-refractivity contribution in [1.82, 2.24) is 14.8 Å². The largest absolute Gasteiger partial charge is 0.486 e. The van der Waals surface area contributed by atoms with Gasteiger partial charge in [0.2, 0.25) is 0 Å². The second-order valence-corrected chi connectivity index (χ2v) is 9.77. The van der Waals surface area contributed by atoms with Gasteiger partial charge in [0.05, 0.1) is 22.8 Å². The van der Waals surface area contributed by atoms with E-state index in [2.05, 4.69) is 15.0 Å². The first-order valence-electron chi connectivity index (χ1n) is 10.9. The Kier molecular flexibility index (Phi) is 5.52. The molecular formula is C23H20N4O5S2. The van der Waals surface area contributed by atoms with Crippen LogP contribution in [-0.4, -0.2) is 60.1 Å². The van der Waals surface area contributed by atoms with Crippen LogP contribution < -0.4 is 19.9 Å². The van der Waals surface area contributed by atoms with E-state index in [1.165, 1.54) is 27.4 Å². The Balaban J connectivity index is 1.40. The molecule has 1 saturated heterocycles. The number of carbonyl (C=O) groups is 1. The number of Topliss-reactive ketones (excluding diaryl/α,β-unsaturated/α-hetero) is 1. The van der Waals surface area contributed by atoms with E-state index in [-0.39, 0.29) is 17.9 Å². The fraction of sp³-hybridized carbons (Fsp3) is 0.304. The molecule has 0 aliphatic carbocycles. The number of anilines is 1. The molecule has 1 fully saturated rings. The molecule has 174 valence electrons. The molecule has 0 spiro atoms. The molecule has 1 aromatic carbocycles. The fourth-order valence-electron chi connectivity index (χ4n) is 3.96. The Morgan fingerprint density at radius 1 is 1.06 bits per heavy atom. The SMILES string of the molecule is O=C(Cn1nc(-c2cccs2)c2sc(N3CCOCC3)nc2c1=O)c1ccc2c(c1)OCCO2. The zero-order valence-corrected chi connectivity index (χ0v) is 19.7. The molecule has 0 unspecified atom stereocenters. The lowest BCUT2D eigenvalue weighted by Gasteiger charge is -2.25. The molecule has 0 saturated carbocycles. The summed E-state index contributed by atoms with van der Waals surface area (Å²) in [4.78, 5) is 34.2. The van der Waals surface area contributed by atoms with Gasteiger partial charge in [0.25, 0.3) is 5.56 Å². The molecule has 2 aliphatic heterocycles. The van der Waals surface area contributed by atoms with Crippen molar-refractivity contribution in [2.75, 3.05) is 44.4 Å². The summed E-state index contributed by atoms with van der Waals surface area (Å²) in [7, 11) is 0. The van der Waals surface area contributed by atoms with Gasteiger partial charge in [0.15, 0.2) is 27.9 Å². The van der Waals surface area contributed by atoms with Crippen LogP contribution in [0, 0.1) is 0 Å². The maximum Gasteiger partial charge on any atom is 0.294 e. The number of ether oxygens (including phenoxy) is 3. The monoisotopic (exact) mass is 496 g/mol. The van der Waals surface area contributed by atoms with E-state index >= 15 is 0 Å². The maximum atomic E-state index is 13.4. The first kappa shape index (κ1) is 21.3. The first-order chi connectivity index (χ1) is 16.7. The summed E-state index contributed by atoms with van der Waals surface area (Å²) < 4.78 is 18.5. The highest BCUT2D eigenvalue weighted by Gasteiger charge is 2.23. The Hall–Kier alpha value is -3.28. The molecule has 5 heterocycles. The van der Waals surface area contributed by atoms with Crippen molar-refractivity contribution in [2.24, 2.45) is 0 Å². The van der Waals surface area contributed by atoms with Crippen LogP contribution in [0.4, 0.5) is 5.13 Å². The van der Waals surface area contributed by atoms with Crippen molar-refractivity contribution in [1.29, 1.82) is 0 Å². The van der Waals surface area contributed by atoms with Crippen LogP contribution >= 0.6 is 22.7 Å². The molecule has 11 heteroatoms. The smallest absolute Gasteiger partial charge is 0.294 e. The van der Waals surface area contributed by atoms with Gasteiger partial charge in [-0.15, -0.1) is 11.3 Å². The summed E-state index contributed by atoms with van der Waals surface area (Å²) in [6, 6.07) is 8.94. The summed E-state index contributed by atoms with van der Waals surface area (Å²) in [5.41, 5.74) is 1.05. The predicted molar refractivity (Wildman–Crippen MR) is 130 cm³/mol. The lowest BCUT2D eigenvalue weighted by molar-refractivity contribution is 0.0965. The number of morpholine rings is 1. The minimum Gasteiger partial charge on any atom is -0.486 e. The molecule has 0 radical (unpaired) electrons. The van der Waals surface area contributed by atoms with Crippen molar-refractivity contribution in [2.45, 2.75) is 6.54 Å². The molecule has 6 rings (SSSR count). The maximum absolute atomic E-state index is 13.4. The van der Waals surface area contributed by atoms with Crippen LogP contribution in [0.2, 0.25) is 0 Å². The Bertz CT molecular complexity index is 1420. The average molecular weight is 497 g/mol. The van der Waals surface area contributed by atoms with Crippen molar-refractivity contribution >= 4 is 43.8 Å². The summed E-state index contributed by atoms with van der Waals surface area (Å²) in [5, 5.41) is 7.35. The van der Waals surface area contributed by atoms with E-state index in [0.29, 0.717) is 54.7 Å². The summed E-state index contributed by atoms with van der Waals surface area (Å²) in [6.07, 6.45) is 0. The Labute approximate surface area is 202 Å². The molecule has 2 aliphatic rings. The normalized spacial score (nSPS) is 15.6. The van der Waals surface area contributed by atoms with Gasteiger partial charge in [-0.25, -0.2) is 9.67 Å². The van der Waals surface area contributed by atoms with Crippen LogP contribution in [-0.2, 0) is 11.3 Å². The number of thiophene rings is 1. The minimum atomic E-state index is -0.378. The van der Waals surface area contributed by atoms with Gasteiger partial charge >= 0.3 is 0 Å². The minimum absolute atomic E-state index is 0.197. The second kappa shape index (κ2) is 8.82. The highest BCUT2D eigenvalue weighted by Crippen LogP contribution is 2.36. The molecule has 9 nitrogen and oxygen atoms in total. The van der Waals surface area contributed by atoms with E-state index in [4.69, 9.17) is 14.2 Å². The van der Waals surface area contributed by atoms with Gasteiger partial charge in [-0.3, -0.25) is 9.59 Å². The number of fused-ring (bicyclic) bond motifs is 2. The number of nitrogens with zero attached hydrogens (tertiary/aromatic N) is 4. The molecule has 0 amide bonds. The predicted octanol–water partition coefficient (Wildman–Crippen LogP) is 3.07. The van der Waals surface area contributed by atoms with E-state index in [9.17, 15) is 9.59 Å². The van der Waals surface area contributed by atoms with Crippen LogP contribution in [0.3, 0.4) is 0 Å². The standard InChI is InChI=1S/C23H20N4O5S2/c28-15(14-3-4-16-17(12-14)32-10-9-31-16)13-27-22(29)20-21(19(25-27)18-2-1-11-33-18)34-23(24-20)26-5-7-30-8-6-26/h1-4,11-12H,5-10,13H2. The zero-order valence-electron chi connectivity index (χ0n) is 18.1. The lowest BCUT2D eigenvalue weighted by atomic mass is 10.1. The number of aromatic nitrogens is 3. The third-order valence-electron chi connectivity index (χ3n) is 5.68. The van der Waals surface area contributed by atoms with Gasteiger partial charge in [0.1, 0.15) is 25.5 Å². The van der Waals surface area contributed by atoms with Gasteiger partial charge in [-0.05, 0) is 29.6 Å². The fourth-order valence-corrected chi connectivity index (χ4v) is 5.85. The number of benzene rings is 1. The number of carbonyl (C=O) groups excluding carboxylic acids is 1. The van der Waals surface area contributed by atoms with Crippen LogP contribution in [0.1, 0.15) is 10.4 Å². The average Bonchev–Trinajstić information content (AvgIpc) is 3.57. The highest BCUT2D eigenvalue weighted by molar-refractivity contribution is 7.23. The molecule has 0 N–H and O–H groups in total. The first-order valence-corrected chi connectivity index (χ1v) is 12.6. The van der Waals surface area contributed by atoms with Crippen molar-refractivity contribution in [3.8, 4) is 22.1 Å². The van der Waals surface area contributed by atoms with Crippen LogP contribution in [0.25, 0.3) is 20.8 Å². The summed E-state index contributed by atoms with van der Waals surface area (Å²) in [5.74, 6) is 0.895. The number of hydrogen-bond acceptors (Lipinski definition) is 10. The quantitative estimate of drug-likeness (QED) is 0.389. The molecule has 0 bridgehead atoms. The van der Waals surface area contributed by atoms with Gasteiger partial charge in [-0.1, -0.05) is 17.4 Å². The molecule has 3 aromatic heterocycles. The third-order valence-corrected chi connectivity index (χ3v) is 7.68.